The minimum Gasteiger partial charge on any atom is -0.480 e. The highest BCUT2D eigenvalue weighted by molar-refractivity contribution is 5.85. The van der Waals surface area contributed by atoms with E-state index < -0.39 is 4.92 Å². The third-order valence-corrected chi connectivity index (χ3v) is 3.28. The zero-order chi connectivity index (χ0) is 17.6. The van der Waals surface area contributed by atoms with Crippen LogP contribution in [0.3, 0.4) is 0 Å². The number of nitrogens with zero attached hydrogens (tertiary/aromatic N) is 3. The average Bonchev–Trinajstić information content (AvgIpc) is 3.03. The number of rotatable bonds is 6. The summed E-state index contributed by atoms with van der Waals surface area (Å²) in [4.78, 5) is 17.8. The maximum absolute atomic E-state index is 10.9. The number of hydrogen-bond donors (Lipinski definition) is 2. The number of non-ortho nitro benzene ring substituents is 1. The van der Waals surface area contributed by atoms with Crippen molar-refractivity contribution in [3.8, 4) is 18.1 Å². The van der Waals surface area contributed by atoms with Crippen molar-refractivity contribution in [3.05, 3.63) is 58.1 Å². The lowest BCUT2D eigenvalue weighted by Crippen LogP contribution is -2.00. The number of imidazole rings is 1. The maximum atomic E-state index is 10.9. The number of terminal acetylenes is 1. The standard InChI is InChI=1S/C17H13N5O3/c1-2-9-25-16-8-7-13(22(23)24)10-12(16)11-18-21-17-19-14-5-3-4-6-15(14)20-17/h1,3-8,10-11H,9H2,(H2,19,20,21)/b18-11-. The van der Waals surface area contributed by atoms with Crippen molar-refractivity contribution in [2.75, 3.05) is 12.0 Å². The molecule has 0 unspecified atom stereocenters. The van der Waals surface area contributed by atoms with E-state index in [1.807, 2.05) is 24.3 Å². The molecule has 0 atom stereocenters. The predicted molar refractivity (Wildman–Crippen MR) is 94.7 cm³/mol. The van der Waals surface area contributed by atoms with Gasteiger partial charge in [0.15, 0.2) is 0 Å². The fourth-order valence-electron chi connectivity index (χ4n) is 2.17. The Bertz CT molecular complexity index is 954. The average molecular weight is 335 g/mol. The second-order valence-electron chi connectivity index (χ2n) is 4.94. The normalized spacial score (nSPS) is 10.7. The number of hydrazone groups is 1. The van der Waals surface area contributed by atoms with Crippen LogP contribution in [0.1, 0.15) is 5.56 Å². The van der Waals surface area contributed by atoms with Crippen molar-refractivity contribution >= 4 is 28.9 Å². The fourth-order valence-corrected chi connectivity index (χ4v) is 2.17. The number of para-hydroxylation sites is 2. The van der Waals surface area contributed by atoms with Crippen molar-refractivity contribution in [3.63, 3.8) is 0 Å². The number of anilines is 1. The number of H-pyrrole nitrogens is 1. The van der Waals surface area contributed by atoms with Gasteiger partial charge in [-0.25, -0.2) is 10.4 Å². The van der Waals surface area contributed by atoms with Crippen LogP contribution in [-0.2, 0) is 0 Å². The molecule has 0 amide bonds. The Morgan fingerprint density at radius 2 is 2.24 bits per heavy atom. The van der Waals surface area contributed by atoms with Gasteiger partial charge in [0.1, 0.15) is 12.4 Å². The minimum absolute atomic E-state index is 0.0512. The molecule has 124 valence electrons. The molecule has 0 fully saturated rings. The first-order chi connectivity index (χ1) is 12.2. The molecule has 1 aromatic heterocycles. The molecule has 0 aliphatic carbocycles. The Hall–Kier alpha value is -3.86. The monoisotopic (exact) mass is 335 g/mol. The summed E-state index contributed by atoms with van der Waals surface area (Å²) in [5, 5.41) is 15.0. The van der Waals surface area contributed by atoms with Crippen molar-refractivity contribution in [1.82, 2.24) is 9.97 Å². The molecule has 2 N–H and O–H groups in total. The van der Waals surface area contributed by atoms with E-state index in [1.54, 1.807) is 0 Å². The van der Waals surface area contributed by atoms with Gasteiger partial charge in [0.2, 0.25) is 5.95 Å². The summed E-state index contributed by atoms with van der Waals surface area (Å²) in [5.41, 5.74) is 4.77. The van der Waals surface area contributed by atoms with Crippen LogP contribution in [0, 0.1) is 22.5 Å². The molecule has 3 aromatic rings. The third kappa shape index (κ3) is 3.73. The van der Waals surface area contributed by atoms with Crippen LogP contribution in [0.4, 0.5) is 11.6 Å². The number of nitrogens with one attached hydrogen (secondary N) is 2. The van der Waals surface area contributed by atoms with E-state index in [1.165, 1.54) is 24.4 Å². The summed E-state index contributed by atoms with van der Waals surface area (Å²) in [5.74, 6) is 3.20. The van der Waals surface area contributed by atoms with E-state index in [9.17, 15) is 10.1 Å². The quantitative estimate of drug-likeness (QED) is 0.312. The Morgan fingerprint density at radius 1 is 1.40 bits per heavy atom. The Labute approximate surface area is 142 Å². The second kappa shape index (κ2) is 7.14. The first kappa shape index (κ1) is 16.0. The topological polar surface area (TPSA) is 105 Å². The van der Waals surface area contributed by atoms with Crippen LogP contribution in [-0.4, -0.2) is 27.7 Å². The number of benzene rings is 2. The third-order valence-electron chi connectivity index (χ3n) is 3.28. The Morgan fingerprint density at radius 3 is 3.00 bits per heavy atom. The number of ether oxygens (including phenoxy) is 1. The van der Waals surface area contributed by atoms with Crippen LogP contribution in [0.25, 0.3) is 11.0 Å². The predicted octanol–water partition coefficient (Wildman–Crippen LogP) is 2.93. The van der Waals surface area contributed by atoms with E-state index in [0.29, 0.717) is 17.3 Å². The van der Waals surface area contributed by atoms with Crippen molar-refractivity contribution < 1.29 is 9.66 Å². The minimum atomic E-state index is -0.491. The number of aromatic nitrogens is 2. The molecule has 1 heterocycles. The molecule has 0 aliphatic heterocycles. The van der Waals surface area contributed by atoms with Crippen LogP contribution >= 0.6 is 0 Å². The van der Waals surface area contributed by atoms with E-state index in [0.717, 1.165) is 11.0 Å². The van der Waals surface area contributed by atoms with Gasteiger partial charge in [0, 0.05) is 17.7 Å². The van der Waals surface area contributed by atoms with E-state index in [2.05, 4.69) is 26.4 Å². The van der Waals surface area contributed by atoms with Gasteiger partial charge in [-0.2, -0.15) is 5.10 Å². The summed E-state index contributed by atoms with van der Waals surface area (Å²) < 4.78 is 5.37. The van der Waals surface area contributed by atoms with Gasteiger partial charge in [-0.3, -0.25) is 10.1 Å². The van der Waals surface area contributed by atoms with Gasteiger partial charge in [0.25, 0.3) is 5.69 Å². The number of nitro benzene ring substituents is 1. The van der Waals surface area contributed by atoms with E-state index in [-0.39, 0.29) is 12.3 Å². The van der Waals surface area contributed by atoms with Gasteiger partial charge >= 0.3 is 0 Å². The van der Waals surface area contributed by atoms with Crippen molar-refractivity contribution in [2.45, 2.75) is 0 Å². The van der Waals surface area contributed by atoms with Gasteiger partial charge in [-0.05, 0) is 18.2 Å². The number of fused-ring (bicyclic) bond motifs is 1. The Balaban J connectivity index is 1.81. The molecule has 0 saturated heterocycles. The van der Waals surface area contributed by atoms with Crippen LogP contribution in [0.15, 0.2) is 47.6 Å². The van der Waals surface area contributed by atoms with Crippen molar-refractivity contribution in [2.24, 2.45) is 5.10 Å². The summed E-state index contributed by atoms with van der Waals surface area (Å²) in [6.45, 7) is 0.0512. The molecule has 8 heteroatoms. The smallest absolute Gasteiger partial charge is 0.270 e. The number of aromatic amines is 1. The molecular formula is C17H13N5O3. The molecule has 2 aromatic carbocycles. The summed E-state index contributed by atoms with van der Waals surface area (Å²) in [7, 11) is 0. The largest absolute Gasteiger partial charge is 0.480 e. The van der Waals surface area contributed by atoms with Crippen LogP contribution < -0.4 is 10.2 Å². The highest BCUT2D eigenvalue weighted by Gasteiger charge is 2.10. The Kier molecular flexibility index (Phi) is 4.58. The lowest BCUT2D eigenvalue weighted by Gasteiger charge is -2.05. The summed E-state index contributed by atoms with van der Waals surface area (Å²) in [6.07, 6.45) is 6.58. The zero-order valence-electron chi connectivity index (χ0n) is 13.0. The molecule has 0 radical (unpaired) electrons. The summed E-state index contributed by atoms with van der Waals surface area (Å²) >= 11 is 0. The molecule has 3 rings (SSSR count). The van der Waals surface area contributed by atoms with Crippen LogP contribution in [0.5, 0.6) is 5.75 Å². The molecule has 0 bridgehead atoms. The summed E-state index contributed by atoms with van der Waals surface area (Å²) in [6, 6.07) is 11.7. The molecular weight excluding hydrogens is 322 g/mol. The highest BCUT2D eigenvalue weighted by atomic mass is 16.6. The molecule has 0 saturated carbocycles. The first-order valence-corrected chi connectivity index (χ1v) is 7.26. The van der Waals surface area contributed by atoms with E-state index >= 15 is 0 Å². The van der Waals surface area contributed by atoms with Gasteiger partial charge in [0.05, 0.1) is 22.2 Å². The van der Waals surface area contributed by atoms with Gasteiger partial charge < -0.3 is 9.72 Å². The van der Waals surface area contributed by atoms with Gasteiger partial charge in [-0.15, -0.1) is 6.42 Å². The van der Waals surface area contributed by atoms with E-state index in [4.69, 9.17) is 11.2 Å². The van der Waals surface area contributed by atoms with Crippen molar-refractivity contribution in [1.29, 1.82) is 0 Å². The number of hydrogen-bond acceptors (Lipinski definition) is 6. The first-order valence-electron chi connectivity index (χ1n) is 7.26. The maximum Gasteiger partial charge on any atom is 0.270 e. The van der Waals surface area contributed by atoms with Crippen LogP contribution in [0.2, 0.25) is 0 Å². The lowest BCUT2D eigenvalue weighted by molar-refractivity contribution is -0.384. The molecule has 8 nitrogen and oxygen atoms in total. The molecule has 0 spiro atoms. The molecule has 25 heavy (non-hydrogen) atoms. The van der Waals surface area contributed by atoms with Gasteiger partial charge in [-0.1, -0.05) is 18.1 Å². The second-order valence-corrected chi connectivity index (χ2v) is 4.94. The molecule has 0 aliphatic rings. The lowest BCUT2D eigenvalue weighted by atomic mass is 10.2. The SMILES string of the molecule is C#CCOc1ccc([N+](=O)[O-])cc1/C=N\Nc1nc2ccccc2[nH]1. The zero-order valence-corrected chi connectivity index (χ0v) is 13.0. The number of nitro groups is 1. The highest BCUT2D eigenvalue weighted by Crippen LogP contribution is 2.23. The fraction of sp³-hybridized carbons (Fsp3) is 0.0588.